The highest BCUT2D eigenvalue weighted by Gasteiger charge is 2.28. The number of benzene rings is 2. The fraction of sp³-hybridized carbons (Fsp3) is 0.211. The number of hydrogen-bond donors (Lipinski definition) is 1. The number of fused-ring (bicyclic) bond motifs is 2. The molecule has 2 nitrogen and oxygen atoms in total. The van der Waals surface area contributed by atoms with E-state index in [-0.39, 0.29) is 6.04 Å². The molecule has 2 atom stereocenters. The van der Waals surface area contributed by atoms with E-state index in [1.54, 1.807) is 0 Å². The second-order valence-corrected chi connectivity index (χ2v) is 5.83. The van der Waals surface area contributed by atoms with Gasteiger partial charge in [0.2, 0.25) is 0 Å². The highest BCUT2D eigenvalue weighted by molar-refractivity contribution is 5.78. The number of aryl methyl sites for hydroxylation is 1. The summed E-state index contributed by atoms with van der Waals surface area (Å²) in [6, 6.07) is 19.1. The van der Waals surface area contributed by atoms with Crippen LogP contribution in [-0.4, -0.2) is 4.98 Å². The quantitative estimate of drug-likeness (QED) is 0.768. The number of hydrogen-bond acceptors (Lipinski definition) is 2. The lowest BCUT2D eigenvalue weighted by Crippen LogP contribution is -2.18. The van der Waals surface area contributed by atoms with E-state index < -0.39 is 0 Å². The van der Waals surface area contributed by atoms with Gasteiger partial charge in [-0.25, -0.2) is 0 Å². The molecule has 2 unspecified atom stereocenters. The lowest BCUT2D eigenvalue weighted by atomic mass is 9.89. The lowest BCUT2D eigenvalue weighted by Gasteiger charge is -2.21. The molecule has 2 heteroatoms. The number of pyridine rings is 1. The molecular formula is C19H18N2. The zero-order chi connectivity index (χ0) is 14.2. The molecule has 0 saturated carbocycles. The van der Waals surface area contributed by atoms with Crippen molar-refractivity contribution in [3.05, 3.63) is 77.5 Å². The number of aromatic nitrogens is 1. The minimum absolute atomic E-state index is 0.0192. The van der Waals surface area contributed by atoms with Gasteiger partial charge in [-0.15, -0.1) is 0 Å². The Hall–Kier alpha value is -2.19. The Morgan fingerprint density at radius 1 is 1.05 bits per heavy atom. The molecule has 2 aromatic carbocycles. The van der Waals surface area contributed by atoms with Crippen LogP contribution in [0.25, 0.3) is 10.9 Å². The predicted octanol–water partition coefficient (Wildman–Crippen LogP) is 3.96. The Morgan fingerprint density at radius 3 is 2.81 bits per heavy atom. The number of nitrogens with two attached hydrogens (primary N) is 1. The first-order valence-electron chi connectivity index (χ1n) is 7.51. The minimum Gasteiger partial charge on any atom is -0.323 e. The first-order valence-corrected chi connectivity index (χ1v) is 7.51. The third-order valence-electron chi connectivity index (χ3n) is 4.61. The first kappa shape index (κ1) is 12.5. The van der Waals surface area contributed by atoms with Crippen molar-refractivity contribution in [1.82, 2.24) is 4.98 Å². The summed E-state index contributed by atoms with van der Waals surface area (Å²) in [4.78, 5) is 4.55. The largest absolute Gasteiger partial charge is 0.323 e. The van der Waals surface area contributed by atoms with Gasteiger partial charge in [0.1, 0.15) is 0 Å². The topological polar surface area (TPSA) is 38.9 Å². The molecule has 0 fully saturated rings. The summed E-state index contributed by atoms with van der Waals surface area (Å²) in [5.74, 6) is 0.407. The van der Waals surface area contributed by atoms with E-state index in [4.69, 9.17) is 5.73 Å². The van der Waals surface area contributed by atoms with E-state index in [1.807, 2.05) is 24.4 Å². The molecule has 1 aliphatic rings. The second-order valence-electron chi connectivity index (χ2n) is 5.83. The third-order valence-corrected chi connectivity index (χ3v) is 4.61. The van der Waals surface area contributed by atoms with Crippen molar-refractivity contribution >= 4 is 10.9 Å². The van der Waals surface area contributed by atoms with Gasteiger partial charge in [0, 0.05) is 23.5 Å². The van der Waals surface area contributed by atoms with Crippen LogP contribution in [0, 0.1) is 0 Å². The van der Waals surface area contributed by atoms with Gasteiger partial charge >= 0.3 is 0 Å². The summed E-state index contributed by atoms with van der Waals surface area (Å²) >= 11 is 0. The zero-order valence-electron chi connectivity index (χ0n) is 11.9. The summed E-state index contributed by atoms with van der Waals surface area (Å²) in [6.45, 7) is 0. The second kappa shape index (κ2) is 4.97. The van der Waals surface area contributed by atoms with E-state index >= 15 is 0 Å². The Kier molecular flexibility index (Phi) is 2.97. The molecule has 0 saturated heterocycles. The van der Waals surface area contributed by atoms with Gasteiger partial charge in [0.05, 0.1) is 5.52 Å². The van der Waals surface area contributed by atoms with Crippen molar-refractivity contribution < 1.29 is 0 Å². The maximum absolute atomic E-state index is 6.57. The van der Waals surface area contributed by atoms with Crippen LogP contribution in [0.3, 0.4) is 0 Å². The van der Waals surface area contributed by atoms with E-state index in [2.05, 4.69) is 41.4 Å². The molecule has 2 N–H and O–H groups in total. The monoisotopic (exact) mass is 274 g/mol. The molecule has 21 heavy (non-hydrogen) atoms. The molecule has 4 rings (SSSR count). The Morgan fingerprint density at radius 2 is 1.86 bits per heavy atom. The Bertz CT molecular complexity index is 794. The molecule has 104 valence electrons. The average Bonchev–Trinajstić information content (AvgIpc) is 2.98. The van der Waals surface area contributed by atoms with Crippen molar-refractivity contribution in [2.24, 2.45) is 5.73 Å². The molecule has 1 aromatic heterocycles. The highest BCUT2D eigenvalue weighted by Crippen LogP contribution is 2.40. The Balaban J connectivity index is 1.72. The van der Waals surface area contributed by atoms with Gasteiger partial charge in [-0.2, -0.15) is 0 Å². The number of para-hydroxylation sites is 1. The summed E-state index contributed by atoms with van der Waals surface area (Å²) in [5.41, 5.74) is 11.6. The summed E-state index contributed by atoms with van der Waals surface area (Å²) in [7, 11) is 0. The molecular weight excluding hydrogens is 256 g/mol. The summed E-state index contributed by atoms with van der Waals surface area (Å²) in [5, 5.41) is 1.16. The first-order chi connectivity index (χ1) is 10.3. The smallest absolute Gasteiger partial charge is 0.0702 e. The van der Waals surface area contributed by atoms with Crippen LogP contribution < -0.4 is 5.73 Å². The molecule has 3 aromatic rings. The predicted molar refractivity (Wildman–Crippen MR) is 86.2 cm³/mol. The molecule has 0 bridgehead atoms. The van der Waals surface area contributed by atoms with Gasteiger partial charge in [0.25, 0.3) is 0 Å². The van der Waals surface area contributed by atoms with Gasteiger partial charge in [-0.3, -0.25) is 4.98 Å². The van der Waals surface area contributed by atoms with Gasteiger partial charge in [0.15, 0.2) is 0 Å². The summed E-state index contributed by atoms with van der Waals surface area (Å²) < 4.78 is 0. The van der Waals surface area contributed by atoms with Crippen LogP contribution in [0.5, 0.6) is 0 Å². The number of rotatable bonds is 2. The molecule has 0 amide bonds. The average molecular weight is 274 g/mol. The van der Waals surface area contributed by atoms with Gasteiger partial charge < -0.3 is 5.73 Å². The van der Waals surface area contributed by atoms with Crippen molar-refractivity contribution in [2.75, 3.05) is 0 Å². The van der Waals surface area contributed by atoms with Crippen LogP contribution >= 0.6 is 0 Å². The molecule has 1 heterocycles. The zero-order valence-corrected chi connectivity index (χ0v) is 11.9. The van der Waals surface area contributed by atoms with Crippen molar-refractivity contribution in [3.8, 4) is 0 Å². The van der Waals surface area contributed by atoms with Crippen LogP contribution in [0.4, 0.5) is 0 Å². The van der Waals surface area contributed by atoms with Crippen LogP contribution in [0.2, 0.25) is 0 Å². The van der Waals surface area contributed by atoms with E-state index in [9.17, 15) is 0 Å². The molecule has 0 spiro atoms. The number of nitrogens with zero attached hydrogens (tertiary/aromatic N) is 1. The van der Waals surface area contributed by atoms with Crippen molar-refractivity contribution in [2.45, 2.75) is 24.8 Å². The van der Waals surface area contributed by atoms with Crippen LogP contribution in [-0.2, 0) is 6.42 Å². The van der Waals surface area contributed by atoms with E-state index in [1.165, 1.54) is 11.1 Å². The molecule has 0 aliphatic heterocycles. The SMILES string of the molecule is NC(c1cnc2ccccc2c1)C1CCc2ccccc21. The van der Waals surface area contributed by atoms with Gasteiger partial charge in [-0.05, 0) is 41.7 Å². The Labute approximate surface area is 124 Å². The lowest BCUT2D eigenvalue weighted by molar-refractivity contribution is 0.550. The minimum atomic E-state index is 0.0192. The summed E-state index contributed by atoms with van der Waals surface area (Å²) in [6.07, 6.45) is 4.21. The maximum Gasteiger partial charge on any atom is 0.0702 e. The van der Waals surface area contributed by atoms with Crippen molar-refractivity contribution in [3.63, 3.8) is 0 Å². The van der Waals surface area contributed by atoms with E-state index in [0.29, 0.717) is 5.92 Å². The normalized spacial score (nSPS) is 18.6. The highest BCUT2D eigenvalue weighted by atomic mass is 14.7. The van der Waals surface area contributed by atoms with Crippen molar-refractivity contribution in [1.29, 1.82) is 0 Å². The van der Waals surface area contributed by atoms with Gasteiger partial charge in [-0.1, -0.05) is 42.5 Å². The maximum atomic E-state index is 6.57. The standard InChI is InChI=1S/C19H18N2/c20-19(17-10-9-13-5-1-3-7-16(13)17)15-11-14-6-2-4-8-18(14)21-12-15/h1-8,11-12,17,19H,9-10,20H2. The third kappa shape index (κ3) is 2.12. The fourth-order valence-corrected chi connectivity index (χ4v) is 3.47. The van der Waals surface area contributed by atoms with Crippen LogP contribution in [0.15, 0.2) is 60.8 Å². The fourth-order valence-electron chi connectivity index (χ4n) is 3.47. The molecule has 0 radical (unpaired) electrons. The molecule has 1 aliphatic carbocycles. The van der Waals surface area contributed by atoms with E-state index in [0.717, 1.165) is 29.3 Å². The van der Waals surface area contributed by atoms with Crippen LogP contribution in [0.1, 0.15) is 35.1 Å².